The normalized spacial score (nSPS) is 9.46. The Balaban J connectivity index is -0.000000101. The Morgan fingerprint density at radius 1 is 1.62 bits per heavy atom. The first-order valence-corrected chi connectivity index (χ1v) is 3.02. The predicted molar refractivity (Wildman–Crippen MR) is 58.6 cm³/mol. The molecule has 0 unspecified atom stereocenters. The fraction of sp³-hybridized carbons (Fsp3) is 0.400. The zero-order chi connectivity index (χ0) is 9.56. The lowest BCUT2D eigenvalue weighted by Crippen LogP contribution is -2.38. The molecule has 75 valence electrons. The number of hydrogen-bond donors (Lipinski definition) is 3. The van der Waals surface area contributed by atoms with Gasteiger partial charge in [-0.3, -0.25) is 20.3 Å². The van der Waals surface area contributed by atoms with Crippen molar-refractivity contribution in [2.24, 2.45) is 10.8 Å². The molecule has 0 rings (SSSR count). The van der Waals surface area contributed by atoms with E-state index in [-0.39, 0.29) is 23.6 Å². The van der Waals surface area contributed by atoms with Crippen LogP contribution in [0.2, 0.25) is 0 Å². The van der Waals surface area contributed by atoms with E-state index < -0.39 is 5.81 Å². The average molecular weight is 187 g/mol. The van der Waals surface area contributed by atoms with Crippen LogP contribution in [0.15, 0.2) is 5.10 Å². The maximum Gasteiger partial charge on any atom is 0.223 e. The number of carbonyl (C=O) groups excluding carboxylic acids is 2. The topological polar surface area (TPSA) is 96.6 Å². The van der Waals surface area contributed by atoms with Crippen molar-refractivity contribution in [3.05, 3.63) is 0 Å². The van der Waals surface area contributed by atoms with Gasteiger partial charge in [-0.2, -0.15) is 0 Å². The summed E-state index contributed by atoms with van der Waals surface area (Å²) in [5, 5.41) is 5.43. The molecule has 3 radical (unpaired) electrons. The molecule has 4 N–H and O–H groups in total. The van der Waals surface area contributed by atoms with Crippen molar-refractivity contribution in [1.29, 1.82) is 0 Å². The Hall–Kier alpha value is -1.46. The van der Waals surface area contributed by atoms with E-state index in [0.717, 1.165) is 7.17 Å². The molecule has 0 fully saturated rings. The molecule has 0 aromatic rings. The summed E-state index contributed by atoms with van der Waals surface area (Å²) in [7, 11) is 5.61. The monoisotopic (exact) mass is 187 g/mol. The van der Waals surface area contributed by atoms with Crippen LogP contribution < -0.4 is 16.5 Å². The largest absolute Gasteiger partial charge is 0.368 e. The summed E-state index contributed by atoms with van der Waals surface area (Å²) >= 11 is 0. The second kappa shape index (κ2) is 7.20. The summed E-state index contributed by atoms with van der Waals surface area (Å²) in [5.41, 5.74) is 7.09. The van der Waals surface area contributed by atoms with Gasteiger partial charge < -0.3 is 5.73 Å². The maximum absolute atomic E-state index is 10.4. The van der Waals surface area contributed by atoms with E-state index in [1.165, 1.54) is 6.92 Å². The van der Waals surface area contributed by atoms with E-state index in [9.17, 15) is 9.59 Å². The van der Waals surface area contributed by atoms with Gasteiger partial charge in [0.15, 0.2) is 13.0 Å². The molecule has 8 heteroatoms. The molecule has 0 saturated carbocycles. The zero-order valence-electron chi connectivity index (χ0n) is 6.50. The molecule has 0 saturated heterocycles. The van der Waals surface area contributed by atoms with E-state index in [0.29, 0.717) is 0 Å². The van der Waals surface area contributed by atoms with Crippen LogP contribution in [0.4, 0.5) is 4.79 Å². The molecule has 0 bridgehead atoms. The summed E-state index contributed by atoms with van der Waals surface area (Å²) in [5.74, 6) is -1.18. The van der Waals surface area contributed by atoms with Crippen LogP contribution in [-0.2, 0) is 4.79 Å². The molecule has 13 heavy (non-hydrogen) atoms. The third kappa shape index (κ3) is 8.45. The number of guanidine groups is 1. The van der Waals surface area contributed by atoms with Crippen molar-refractivity contribution in [2.75, 3.05) is 0 Å². The number of carbonyl (C=O) groups is 2. The Bertz CT molecular complexity index is 230. The molecule has 0 aliphatic heterocycles. The van der Waals surface area contributed by atoms with Gasteiger partial charge in [0.2, 0.25) is 11.9 Å². The first-order valence-electron chi connectivity index (χ1n) is 3.02. The minimum Gasteiger partial charge on any atom is -0.368 e. The van der Waals surface area contributed by atoms with Crippen LogP contribution in [0.1, 0.15) is 18.6 Å². The Labute approximate surface area is 83.4 Å². The smallest absolute Gasteiger partial charge is 0.223 e. The second-order valence-electron chi connectivity index (χ2n) is 1.82. The van der Waals surface area contributed by atoms with Crippen LogP contribution in [0, 0.1) is 0 Å². The molecule has 0 aromatic carbocycles. The van der Waals surface area contributed by atoms with Crippen molar-refractivity contribution >= 4 is 32.6 Å². The van der Waals surface area contributed by atoms with Crippen molar-refractivity contribution < 1.29 is 13.9 Å². The fourth-order valence-electron chi connectivity index (χ4n) is 0.361. The standard InChI is InChI=1S/C4H7B2N4O2.CH4.3H2/c1-2(11)8-4(7)10-9-3(12)6-5;;;;/h1H3,(H,9,12)(H3,7,8,10,11);1H4;3*1H. The highest BCUT2D eigenvalue weighted by molar-refractivity contribution is 7.07. The first-order chi connectivity index (χ1) is 5.56. The fourth-order valence-corrected chi connectivity index (χ4v) is 0.361. The van der Waals surface area contributed by atoms with Gasteiger partial charge in [0.1, 0.15) is 0 Å². The van der Waals surface area contributed by atoms with Crippen LogP contribution >= 0.6 is 0 Å². The van der Waals surface area contributed by atoms with Crippen molar-refractivity contribution in [3.63, 3.8) is 0 Å². The van der Waals surface area contributed by atoms with E-state index in [1.54, 1.807) is 0 Å². The molecule has 0 aromatic heterocycles. The molecule has 6 nitrogen and oxygen atoms in total. The van der Waals surface area contributed by atoms with Crippen LogP contribution in [-0.4, -0.2) is 32.6 Å². The molecular weight excluding hydrogens is 170 g/mol. The van der Waals surface area contributed by atoms with Crippen molar-refractivity contribution in [2.45, 2.75) is 14.4 Å². The summed E-state index contributed by atoms with van der Waals surface area (Å²) in [6.45, 7) is 1.26. The lowest BCUT2D eigenvalue weighted by molar-refractivity contribution is -0.117. The lowest BCUT2D eigenvalue weighted by Gasteiger charge is -2.00. The van der Waals surface area contributed by atoms with Crippen LogP contribution in [0.3, 0.4) is 0 Å². The Kier molecular flexibility index (Phi) is 7.80. The zero-order valence-corrected chi connectivity index (χ0v) is 6.50. The second-order valence-corrected chi connectivity index (χ2v) is 1.82. The molecule has 0 atom stereocenters. The highest BCUT2D eigenvalue weighted by Gasteiger charge is 1.96. The van der Waals surface area contributed by atoms with E-state index >= 15 is 0 Å². The number of amides is 2. The predicted octanol–water partition coefficient (Wildman–Crippen LogP) is -0.776. The maximum atomic E-state index is 10.4. The summed E-state index contributed by atoms with van der Waals surface area (Å²) < 4.78 is 0. The van der Waals surface area contributed by atoms with Gasteiger partial charge in [-0.05, 0) is 0 Å². The number of nitrogens with one attached hydrogen (secondary N) is 2. The van der Waals surface area contributed by atoms with Gasteiger partial charge in [-0.25, -0.2) is 0 Å². The molecule has 0 heterocycles. The Morgan fingerprint density at radius 2 is 2.15 bits per heavy atom. The van der Waals surface area contributed by atoms with E-state index in [1.807, 2.05) is 5.43 Å². The number of hydrogen-bond acceptors (Lipinski definition) is 3. The molecule has 0 aliphatic rings. The van der Waals surface area contributed by atoms with Gasteiger partial charge in [-0.1, -0.05) is 7.43 Å². The number of hydrazone groups is 1. The van der Waals surface area contributed by atoms with Gasteiger partial charge in [0.25, 0.3) is 0 Å². The summed E-state index contributed by atoms with van der Waals surface area (Å²) in [6, 6.07) is 0. The molecule has 2 amide bonds. The minimum atomic E-state index is -0.608. The SMILES string of the molecule is C.[B][B]C(=O)NN=C(N)NC(C)=O.[HH].[HH].[HH]. The summed E-state index contributed by atoms with van der Waals surface area (Å²) in [6.07, 6.45) is 0. The number of nitrogens with zero attached hydrogens (tertiary/aromatic N) is 1. The third-order valence-corrected chi connectivity index (χ3v) is 0.742. The van der Waals surface area contributed by atoms with Crippen molar-refractivity contribution in [3.8, 4) is 0 Å². The van der Waals surface area contributed by atoms with Gasteiger partial charge in [0.05, 0.1) is 0 Å². The molecule has 0 aliphatic carbocycles. The highest BCUT2D eigenvalue weighted by Crippen LogP contribution is 1.66. The van der Waals surface area contributed by atoms with E-state index in [4.69, 9.17) is 13.5 Å². The average Bonchev–Trinajstić information content (AvgIpc) is 1.99. The molecular formula is C5H17B2N4O2. The number of nitrogens with two attached hydrogens (primary N) is 1. The quantitative estimate of drug-likeness (QED) is 0.229. The lowest BCUT2D eigenvalue weighted by atomic mass is 9.55. The molecule has 0 spiro atoms. The van der Waals surface area contributed by atoms with E-state index in [2.05, 4.69) is 10.4 Å². The number of rotatable bonds is 2. The van der Waals surface area contributed by atoms with Gasteiger partial charge >= 0.3 is 0 Å². The third-order valence-electron chi connectivity index (χ3n) is 0.742. The highest BCUT2D eigenvalue weighted by atomic mass is 16.2. The van der Waals surface area contributed by atoms with Gasteiger partial charge in [0, 0.05) is 18.9 Å². The summed E-state index contributed by atoms with van der Waals surface area (Å²) in [4.78, 5) is 20.8. The minimum absolute atomic E-state index is 0. The van der Waals surface area contributed by atoms with Gasteiger partial charge in [-0.15, -0.1) is 5.10 Å². The van der Waals surface area contributed by atoms with Crippen molar-refractivity contribution in [1.82, 2.24) is 10.7 Å². The van der Waals surface area contributed by atoms with Crippen LogP contribution in [0.25, 0.3) is 0 Å². The Morgan fingerprint density at radius 3 is 2.54 bits per heavy atom. The van der Waals surface area contributed by atoms with Crippen LogP contribution in [0.5, 0.6) is 0 Å². The first kappa shape index (κ1) is 14.1.